The van der Waals surface area contributed by atoms with Gasteiger partial charge in [0.05, 0.1) is 6.54 Å². The minimum absolute atomic E-state index is 0.00830. The Morgan fingerprint density at radius 1 is 1.17 bits per heavy atom. The Hall–Kier alpha value is -2.04. The van der Waals surface area contributed by atoms with E-state index >= 15 is 0 Å². The zero-order chi connectivity index (χ0) is 17.4. The lowest BCUT2D eigenvalue weighted by Crippen LogP contribution is -2.37. The third-order valence-corrected chi connectivity index (χ3v) is 4.51. The molecule has 1 aliphatic heterocycles. The fourth-order valence-corrected chi connectivity index (χ4v) is 2.77. The van der Waals surface area contributed by atoms with Gasteiger partial charge in [0, 0.05) is 30.9 Å². The molecule has 0 atom stereocenters. The third kappa shape index (κ3) is 5.55. The molecule has 1 fully saturated rings. The molecule has 5 heteroatoms. The molecule has 0 bridgehead atoms. The molecule has 1 aromatic carbocycles. The molecule has 5 nitrogen and oxygen atoms in total. The Morgan fingerprint density at radius 3 is 2.46 bits per heavy atom. The fraction of sp³-hybridized carbons (Fsp3) is 0.579. The maximum absolute atomic E-state index is 12.5. The first-order valence-electron chi connectivity index (χ1n) is 9.00. The van der Waals surface area contributed by atoms with Gasteiger partial charge in [-0.3, -0.25) is 9.59 Å². The molecule has 132 valence electrons. The predicted molar refractivity (Wildman–Crippen MR) is 97.2 cm³/mol. The summed E-state index contributed by atoms with van der Waals surface area (Å²) >= 11 is 0. The van der Waals surface area contributed by atoms with Gasteiger partial charge in [-0.05, 0) is 49.4 Å². The van der Waals surface area contributed by atoms with Gasteiger partial charge in [-0.2, -0.15) is 0 Å². The van der Waals surface area contributed by atoms with Crippen LogP contribution >= 0.6 is 0 Å². The van der Waals surface area contributed by atoms with Crippen molar-refractivity contribution in [1.29, 1.82) is 0 Å². The number of likely N-dealkylation sites (tertiary alicyclic amines) is 1. The smallest absolute Gasteiger partial charge is 0.253 e. The molecule has 0 aliphatic carbocycles. The number of carbonyl (C=O) groups is 2. The van der Waals surface area contributed by atoms with E-state index in [-0.39, 0.29) is 18.4 Å². The highest BCUT2D eigenvalue weighted by Crippen LogP contribution is 2.19. The van der Waals surface area contributed by atoms with Crippen LogP contribution in [0.3, 0.4) is 0 Å². The number of amides is 2. The lowest BCUT2D eigenvalue weighted by atomic mass is 9.98. The molecule has 2 N–H and O–H groups in total. The molecule has 1 heterocycles. The lowest BCUT2D eigenvalue weighted by molar-refractivity contribution is -0.119. The third-order valence-electron chi connectivity index (χ3n) is 4.51. The van der Waals surface area contributed by atoms with Crippen LogP contribution in [-0.2, 0) is 4.79 Å². The normalized spacial score (nSPS) is 15.2. The van der Waals surface area contributed by atoms with Gasteiger partial charge < -0.3 is 15.5 Å². The first kappa shape index (κ1) is 18.3. The van der Waals surface area contributed by atoms with Crippen LogP contribution in [0.25, 0.3) is 0 Å². The van der Waals surface area contributed by atoms with Gasteiger partial charge in [-0.25, -0.2) is 0 Å². The average Bonchev–Trinajstić information content (AvgIpc) is 2.61. The van der Waals surface area contributed by atoms with Gasteiger partial charge in [0.15, 0.2) is 0 Å². The number of unbranched alkanes of at least 4 members (excludes halogenated alkanes) is 1. The fourth-order valence-electron chi connectivity index (χ4n) is 2.77. The van der Waals surface area contributed by atoms with E-state index in [2.05, 4.69) is 24.5 Å². The van der Waals surface area contributed by atoms with Crippen molar-refractivity contribution in [2.24, 2.45) is 5.92 Å². The number of nitrogens with zero attached hydrogens (tertiary/aromatic N) is 1. The molecular weight excluding hydrogens is 302 g/mol. The Morgan fingerprint density at radius 2 is 1.83 bits per heavy atom. The summed E-state index contributed by atoms with van der Waals surface area (Å²) in [5, 5.41) is 5.95. The Balaban J connectivity index is 1.80. The van der Waals surface area contributed by atoms with Crippen molar-refractivity contribution in [3.8, 4) is 0 Å². The van der Waals surface area contributed by atoms with Gasteiger partial charge in [0.2, 0.25) is 5.91 Å². The van der Waals surface area contributed by atoms with Gasteiger partial charge in [0.1, 0.15) is 0 Å². The first-order chi connectivity index (χ1) is 11.6. The monoisotopic (exact) mass is 331 g/mol. The number of anilines is 1. The number of carbonyl (C=O) groups excluding carboxylic acids is 2. The molecule has 1 aromatic rings. The van der Waals surface area contributed by atoms with Crippen molar-refractivity contribution in [3.63, 3.8) is 0 Å². The van der Waals surface area contributed by atoms with Gasteiger partial charge in [-0.1, -0.05) is 20.3 Å². The first-order valence-corrected chi connectivity index (χ1v) is 9.00. The van der Waals surface area contributed by atoms with E-state index in [1.807, 2.05) is 29.2 Å². The summed E-state index contributed by atoms with van der Waals surface area (Å²) in [6.45, 7) is 6.99. The van der Waals surface area contributed by atoms with Crippen LogP contribution in [0, 0.1) is 5.92 Å². The largest absolute Gasteiger partial charge is 0.376 e. The maximum atomic E-state index is 12.5. The second-order valence-electron chi connectivity index (χ2n) is 6.61. The quantitative estimate of drug-likeness (QED) is 0.755. The van der Waals surface area contributed by atoms with Crippen LogP contribution in [0.1, 0.15) is 49.9 Å². The summed E-state index contributed by atoms with van der Waals surface area (Å²) in [5.41, 5.74) is 1.56. The molecule has 0 unspecified atom stereocenters. The van der Waals surface area contributed by atoms with Gasteiger partial charge in [-0.15, -0.1) is 0 Å². The summed E-state index contributed by atoms with van der Waals surface area (Å²) in [4.78, 5) is 26.1. The van der Waals surface area contributed by atoms with Crippen molar-refractivity contribution < 1.29 is 9.59 Å². The van der Waals surface area contributed by atoms with Crippen molar-refractivity contribution in [1.82, 2.24) is 10.2 Å². The Bertz CT molecular complexity index is 534. The minimum atomic E-state index is -0.00830. The number of rotatable bonds is 7. The van der Waals surface area contributed by atoms with Gasteiger partial charge >= 0.3 is 0 Å². The van der Waals surface area contributed by atoms with Crippen molar-refractivity contribution in [3.05, 3.63) is 29.8 Å². The molecule has 1 aliphatic rings. The second-order valence-corrected chi connectivity index (χ2v) is 6.61. The number of piperidine rings is 1. The Labute approximate surface area is 144 Å². The molecule has 1 saturated heterocycles. The summed E-state index contributed by atoms with van der Waals surface area (Å²) in [5.74, 6) is 0.806. The van der Waals surface area contributed by atoms with E-state index in [4.69, 9.17) is 0 Å². The maximum Gasteiger partial charge on any atom is 0.253 e. The minimum Gasteiger partial charge on any atom is -0.376 e. The SMILES string of the molecule is CCCCNC(=O)CNc1ccc(C(=O)N2CCC(C)CC2)cc1. The van der Waals surface area contributed by atoms with Crippen molar-refractivity contribution in [2.45, 2.75) is 39.5 Å². The van der Waals surface area contributed by atoms with Crippen LogP contribution in [0.2, 0.25) is 0 Å². The number of hydrogen-bond acceptors (Lipinski definition) is 3. The standard InChI is InChI=1S/C19H29N3O2/c1-3-4-11-20-18(23)14-21-17-7-5-16(6-8-17)19(24)22-12-9-15(2)10-13-22/h5-8,15,21H,3-4,9-14H2,1-2H3,(H,20,23). The van der Waals surface area contributed by atoms with Gasteiger partial charge in [0.25, 0.3) is 5.91 Å². The molecule has 0 aromatic heterocycles. The zero-order valence-electron chi connectivity index (χ0n) is 14.8. The number of nitrogens with one attached hydrogen (secondary N) is 2. The van der Waals surface area contributed by atoms with E-state index in [1.54, 1.807) is 0 Å². The van der Waals surface area contributed by atoms with E-state index < -0.39 is 0 Å². The van der Waals surface area contributed by atoms with Crippen molar-refractivity contribution in [2.75, 3.05) is 31.5 Å². The van der Waals surface area contributed by atoms with E-state index in [9.17, 15) is 9.59 Å². The van der Waals surface area contributed by atoms with Crippen LogP contribution in [0.15, 0.2) is 24.3 Å². The molecule has 0 spiro atoms. The number of hydrogen-bond donors (Lipinski definition) is 2. The molecule has 24 heavy (non-hydrogen) atoms. The Kier molecular flexibility index (Phi) is 7.09. The highest BCUT2D eigenvalue weighted by molar-refractivity contribution is 5.94. The van der Waals surface area contributed by atoms with Crippen LogP contribution < -0.4 is 10.6 Å². The molecule has 0 saturated carbocycles. The van der Waals surface area contributed by atoms with E-state index in [0.29, 0.717) is 11.5 Å². The van der Waals surface area contributed by atoms with Crippen LogP contribution in [0.4, 0.5) is 5.69 Å². The molecule has 2 rings (SSSR count). The lowest BCUT2D eigenvalue weighted by Gasteiger charge is -2.30. The number of benzene rings is 1. The van der Waals surface area contributed by atoms with E-state index in [0.717, 1.165) is 51.0 Å². The van der Waals surface area contributed by atoms with Crippen LogP contribution in [0.5, 0.6) is 0 Å². The van der Waals surface area contributed by atoms with Crippen molar-refractivity contribution >= 4 is 17.5 Å². The molecule has 0 radical (unpaired) electrons. The zero-order valence-corrected chi connectivity index (χ0v) is 14.8. The topological polar surface area (TPSA) is 61.4 Å². The van der Waals surface area contributed by atoms with E-state index in [1.165, 1.54) is 0 Å². The second kappa shape index (κ2) is 9.30. The predicted octanol–water partition coefficient (Wildman–Crippen LogP) is 2.89. The molecule has 2 amide bonds. The summed E-state index contributed by atoms with van der Waals surface area (Å²) in [6, 6.07) is 7.38. The van der Waals surface area contributed by atoms with Crippen LogP contribution in [-0.4, -0.2) is 42.9 Å². The summed E-state index contributed by atoms with van der Waals surface area (Å²) in [6.07, 6.45) is 4.23. The summed E-state index contributed by atoms with van der Waals surface area (Å²) in [7, 11) is 0. The highest BCUT2D eigenvalue weighted by atomic mass is 16.2. The molecular formula is C19H29N3O2. The highest BCUT2D eigenvalue weighted by Gasteiger charge is 2.21. The average molecular weight is 331 g/mol. The summed E-state index contributed by atoms with van der Waals surface area (Å²) < 4.78 is 0.